The highest BCUT2D eigenvalue weighted by molar-refractivity contribution is 5.04. The molecule has 3 rings (SSSR count). The highest BCUT2D eigenvalue weighted by Crippen LogP contribution is 2.24. The minimum atomic E-state index is 0.767. The van der Waals surface area contributed by atoms with E-state index in [4.69, 9.17) is 0 Å². The Labute approximate surface area is 96.9 Å². The van der Waals surface area contributed by atoms with Gasteiger partial charge in [-0.2, -0.15) is 0 Å². The Balaban J connectivity index is 1.50. The van der Waals surface area contributed by atoms with Crippen molar-refractivity contribution in [2.24, 2.45) is 5.92 Å². The van der Waals surface area contributed by atoms with E-state index in [0.29, 0.717) is 0 Å². The lowest BCUT2D eigenvalue weighted by molar-refractivity contribution is 0.317. The van der Waals surface area contributed by atoms with Crippen molar-refractivity contribution in [3.63, 3.8) is 0 Å². The van der Waals surface area contributed by atoms with Crippen LogP contribution < -0.4 is 5.32 Å². The van der Waals surface area contributed by atoms with Crippen LogP contribution in [0.5, 0.6) is 0 Å². The van der Waals surface area contributed by atoms with Crippen molar-refractivity contribution in [1.29, 1.82) is 0 Å². The molecule has 1 N–H and O–H groups in total. The Morgan fingerprint density at radius 1 is 1.38 bits per heavy atom. The van der Waals surface area contributed by atoms with Gasteiger partial charge in [-0.05, 0) is 31.0 Å². The number of fused-ring (bicyclic) bond motifs is 1. The predicted octanol–water partition coefficient (Wildman–Crippen LogP) is 0.918. The second kappa shape index (κ2) is 4.52. The van der Waals surface area contributed by atoms with Crippen molar-refractivity contribution in [2.45, 2.75) is 18.9 Å². The molecule has 3 heterocycles. The Morgan fingerprint density at radius 2 is 2.38 bits per heavy atom. The summed E-state index contributed by atoms with van der Waals surface area (Å²) in [4.78, 5) is 6.95. The first-order chi connectivity index (χ1) is 7.92. The molecule has 0 aliphatic carbocycles. The zero-order valence-electron chi connectivity index (χ0n) is 9.60. The molecule has 2 aliphatic heterocycles. The summed E-state index contributed by atoms with van der Waals surface area (Å²) in [6, 6.07) is 6.94. The van der Waals surface area contributed by atoms with E-state index < -0.39 is 0 Å². The number of hydrogen-bond acceptors (Lipinski definition) is 3. The highest BCUT2D eigenvalue weighted by Gasteiger charge is 2.35. The lowest BCUT2D eigenvalue weighted by atomic mass is 10.1. The fraction of sp³-hybridized carbons (Fsp3) is 0.615. The summed E-state index contributed by atoms with van der Waals surface area (Å²) in [5.74, 6) is 0.906. The summed E-state index contributed by atoms with van der Waals surface area (Å²) in [7, 11) is 0. The molecular weight excluding hydrogens is 198 g/mol. The van der Waals surface area contributed by atoms with Crippen molar-refractivity contribution in [3.05, 3.63) is 30.1 Å². The Hall–Kier alpha value is -0.930. The smallest absolute Gasteiger partial charge is 0.0416 e. The zero-order chi connectivity index (χ0) is 10.8. The maximum absolute atomic E-state index is 4.37. The zero-order valence-corrected chi connectivity index (χ0v) is 9.60. The molecule has 2 saturated heterocycles. The van der Waals surface area contributed by atoms with Crippen molar-refractivity contribution >= 4 is 0 Å². The van der Waals surface area contributed by atoms with Gasteiger partial charge >= 0.3 is 0 Å². The number of nitrogens with zero attached hydrogens (tertiary/aromatic N) is 2. The lowest BCUT2D eigenvalue weighted by Crippen LogP contribution is -2.31. The maximum Gasteiger partial charge on any atom is 0.0416 e. The third-order valence-electron chi connectivity index (χ3n) is 3.85. The molecule has 2 aliphatic rings. The van der Waals surface area contributed by atoms with Crippen LogP contribution >= 0.6 is 0 Å². The van der Waals surface area contributed by atoms with Gasteiger partial charge in [0.15, 0.2) is 0 Å². The predicted molar refractivity (Wildman–Crippen MR) is 64.3 cm³/mol. The van der Waals surface area contributed by atoms with E-state index in [-0.39, 0.29) is 0 Å². The van der Waals surface area contributed by atoms with Gasteiger partial charge in [0.1, 0.15) is 0 Å². The summed E-state index contributed by atoms with van der Waals surface area (Å²) in [5, 5.41) is 3.59. The van der Waals surface area contributed by atoms with Gasteiger partial charge < -0.3 is 10.2 Å². The SMILES string of the molecule is c1ccc(CCN2C[C@@H]3CCN[C@@H]3C2)nc1. The number of rotatable bonds is 3. The second-order valence-electron chi connectivity index (χ2n) is 4.94. The molecule has 1 aromatic heterocycles. The molecule has 0 aromatic carbocycles. The van der Waals surface area contributed by atoms with Gasteiger partial charge in [0.2, 0.25) is 0 Å². The molecule has 0 spiro atoms. The number of likely N-dealkylation sites (tertiary alicyclic amines) is 1. The molecule has 0 amide bonds. The van der Waals surface area contributed by atoms with Gasteiger partial charge in [0.25, 0.3) is 0 Å². The average molecular weight is 217 g/mol. The van der Waals surface area contributed by atoms with Crippen molar-refractivity contribution in [3.8, 4) is 0 Å². The quantitative estimate of drug-likeness (QED) is 0.816. The van der Waals surface area contributed by atoms with Gasteiger partial charge in [-0.3, -0.25) is 4.98 Å². The minimum Gasteiger partial charge on any atom is -0.312 e. The van der Waals surface area contributed by atoms with E-state index in [1.807, 2.05) is 12.3 Å². The first-order valence-electron chi connectivity index (χ1n) is 6.27. The van der Waals surface area contributed by atoms with Crippen LogP contribution in [0, 0.1) is 5.92 Å². The fourth-order valence-electron chi connectivity index (χ4n) is 2.94. The Kier molecular flexibility index (Phi) is 2.89. The number of aromatic nitrogens is 1. The molecule has 0 bridgehead atoms. The first-order valence-corrected chi connectivity index (χ1v) is 6.27. The van der Waals surface area contributed by atoms with Gasteiger partial charge in [0, 0.05) is 44.0 Å². The molecule has 3 heteroatoms. The molecule has 0 saturated carbocycles. The van der Waals surface area contributed by atoms with Crippen LogP contribution in [0.15, 0.2) is 24.4 Å². The molecule has 16 heavy (non-hydrogen) atoms. The average Bonchev–Trinajstić information content (AvgIpc) is 2.88. The topological polar surface area (TPSA) is 28.2 Å². The largest absolute Gasteiger partial charge is 0.312 e. The fourth-order valence-corrected chi connectivity index (χ4v) is 2.94. The van der Waals surface area contributed by atoms with Gasteiger partial charge in [-0.15, -0.1) is 0 Å². The number of nitrogens with one attached hydrogen (secondary N) is 1. The first kappa shape index (κ1) is 10.2. The number of hydrogen-bond donors (Lipinski definition) is 1. The summed E-state index contributed by atoms with van der Waals surface area (Å²) in [6.45, 7) is 4.90. The van der Waals surface area contributed by atoms with Crippen LogP contribution in [0.3, 0.4) is 0 Å². The van der Waals surface area contributed by atoms with E-state index in [1.54, 1.807) is 0 Å². The summed E-state index contributed by atoms with van der Waals surface area (Å²) in [6.07, 6.45) is 4.33. The van der Waals surface area contributed by atoms with E-state index in [2.05, 4.69) is 27.3 Å². The molecule has 0 radical (unpaired) electrons. The van der Waals surface area contributed by atoms with Crippen LogP contribution in [-0.4, -0.2) is 42.1 Å². The van der Waals surface area contributed by atoms with Crippen molar-refractivity contribution in [1.82, 2.24) is 15.2 Å². The molecule has 86 valence electrons. The maximum atomic E-state index is 4.37. The van der Waals surface area contributed by atoms with E-state index in [0.717, 1.165) is 24.9 Å². The van der Waals surface area contributed by atoms with Gasteiger partial charge in [-0.1, -0.05) is 6.07 Å². The molecular formula is C13H19N3. The van der Waals surface area contributed by atoms with Crippen molar-refractivity contribution in [2.75, 3.05) is 26.2 Å². The third-order valence-corrected chi connectivity index (χ3v) is 3.85. The molecule has 3 nitrogen and oxygen atoms in total. The standard InChI is InChI=1S/C13H19N3/c1-2-6-14-12(3-1)5-8-16-9-11-4-7-15-13(11)10-16/h1-3,6,11,13,15H,4-5,7-10H2/t11-,13+/m0/s1. The second-order valence-corrected chi connectivity index (χ2v) is 4.94. The summed E-state index contributed by atoms with van der Waals surface area (Å²) in [5.41, 5.74) is 1.22. The van der Waals surface area contributed by atoms with E-state index >= 15 is 0 Å². The Morgan fingerprint density at radius 3 is 3.19 bits per heavy atom. The molecule has 2 atom stereocenters. The highest BCUT2D eigenvalue weighted by atomic mass is 15.2. The number of pyridine rings is 1. The van der Waals surface area contributed by atoms with Crippen molar-refractivity contribution < 1.29 is 0 Å². The monoisotopic (exact) mass is 217 g/mol. The molecule has 0 unspecified atom stereocenters. The van der Waals surface area contributed by atoms with Crippen LogP contribution in [-0.2, 0) is 6.42 Å². The lowest BCUT2D eigenvalue weighted by Gasteiger charge is -2.16. The van der Waals surface area contributed by atoms with Crippen LogP contribution in [0.2, 0.25) is 0 Å². The van der Waals surface area contributed by atoms with Crippen LogP contribution in [0.1, 0.15) is 12.1 Å². The Bertz CT molecular complexity index is 326. The van der Waals surface area contributed by atoms with E-state index in [1.165, 1.54) is 31.7 Å². The summed E-state index contributed by atoms with van der Waals surface area (Å²) < 4.78 is 0. The van der Waals surface area contributed by atoms with Gasteiger partial charge in [0.05, 0.1) is 0 Å². The van der Waals surface area contributed by atoms with Gasteiger partial charge in [-0.25, -0.2) is 0 Å². The summed E-state index contributed by atoms with van der Waals surface area (Å²) >= 11 is 0. The van der Waals surface area contributed by atoms with Crippen LogP contribution in [0.25, 0.3) is 0 Å². The molecule has 1 aromatic rings. The molecule has 2 fully saturated rings. The van der Waals surface area contributed by atoms with Crippen LogP contribution in [0.4, 0.5) is 0 Å². The normalized spacial score (nSPS) is 29.5. The minimum absolute atomic E-state index is 0.767. The van der Waals surface area contributed by atoms with E-state index in [9.17, 15) is 0 Å². The third kappa shape index (κ3) is 2.11.